The third kappa shape index (κ3) is 5.14. The molecule has 3 unspecified atom stereocenters. The van der Waals surface area contributed by atoms with E-state index in [0.29, 0.717) is 6.04 Å². The van der Waals surface area contributed by atoms with E-state index in [4.69, 9.17) is 0 Å². The van der Waals surface area contributed by atoms with Gasteiger partial charge in [0.05, 0.1) is 0 Å². The van der Waals surface area contributed by atoms with E-state index in [1.165, 1.54) is 43.4 Å². The number of aryl methyl sites for hydroxylation is 2. The van der Waals surface area contributed by atoms with Gasteiger partial charge in [0.15, 0.2) is 0 Å². The average Bonchev–Trinajstić information content (AvgIpc) is 2.36. The van der Waals surface area contributed by atoms with Crippen LogP contribution in [0.3, 0.4) is 0 Å². The summed E-state index contributed by atoms with van der Waals surface area (Å²) in [4.78, 5) is 0. The molecule has 0 aliphatic heterocycles. The van der Waals surface area contributed by atoms with Gasteiger partial charge in [0.1, 0.15) is 0 Å². The van der Waals surface area contributed by atoms with Gasteiger partial charge in [-0.1, -0.05) is 56.5 Å². The predicted molar refractivity (Wildman–Crippen MR) is 92.8 cm³/mol. The normalized spacial score (nSPS) is 26.3. The molecule has 0 bridgehead atoms. The van der Waals surface area contributed by atoms with E-state index in [0.717, 1.165) is 17.8 Å². The van der Waals surface area contributed by atoms with E-state index in [1.54, 1.807) is 5.56 Å². The van der Waals surface area contributed by atoms with Gasteiger partial charge >= 0.3 is 0 Å². The van der Waals surface area contributed by atoms with Crippen molar-refractivity contribution in [2.45, 2.75) is 66.3 Å². The molecule has 1 nitrogen and oxygen atoms in total. The lowest BCUT2D eigenvalue weighted by Crippen LogP contribution is -2.36. The highest BCUT2D eigenvalue weighted by molar-refractivity contribution is 5.29. The number of rotatable bonds is 5. The first-order valence-corrected chi connectivity index (χ1v) is 8.74. The topological polar surface area (TPSA) is 12.0 Å². The van der Waals surface area contributed by atoms with Crippen LogP contribution in [0.15, 0.2) is 18.2 Å². The molecule has 1 aliphatic rings. The monoisotopic (exact) mass is 287 g/mol. The van der Waals surface area contributed by atoms with Crippen molar-refractivity contribution in [2.24, 2.45) is 17.8 Å². The van der Waals surface area contributed by atoms with Crippen LogP contribution in [-0.4, -0.2) is 12.6 Å². The van der Waals surface area contributed by atoms with Gasteiger partial charge in [-0.3, -0.25) is 0 Å². The van der Waals surface area contributed by atoms with Crippen LogP contribution in [0.4, 0.5) is 0 Å². The van der Waals surface area contributed by atoms with Crippen LogP contribution in [0, 0.1) is 31.6 Å². The van der Waals surface area contributed by atoms with Crippen molar-refractivity contribution in [1.82, 2.24) is 5.32 Å². The zero-order valence-corrected chi connectivity index (χ0v) is 14.6. The largest absolute Gasteiger partial charge is 0.314 e. The van der Waals surface area contributed by atoms with Crippen LogP contribution in [0.1, 0.15) is 56.7 Å². The SMILES string of the molecule is Cc1cc(C)cc(CC2CC(C)CCC2CNC(C)C)c1. The molecule has 0 aromatic heterocycles. The van der Waals surface area contributed by atoms with Gasteiger partial charge in [-0.05, 0) is 63.0 Å². The molecule has 118 valence electrons. The summed E-state index contributed by atoms with van der Waals surface area (Å²) in [6.45, 7) is 12.6. The summed E-state index contributed by atoms with van der Waals surface area (Å²) in [5.41, 5.74) is 4.36. The zero-order valence-electron chi connectivity index (χ0n) is 14.6. The second kappa shape index (κ2) is 7.45. The summed E-state index contributed by atoms with van der Waals surface area (Å²) >= 11 is 0. The number of hydrogen-bond donors (Lipinski definition) is 1. The van der Waals surface area contributed by atoms with Crippen LogP contribution in [-0.2, 0) is 6.42 Å². The Morgan fingerprint density at radius 2 is 1.71 bits per heavy atom. The third-order valence-corrected chi connectivity index (χ3v) is 4.97. The molecule has 0 amide bonds. The Bertz CT molecular complexity index is 429. The Morgan fingerprint density at radius 1 is 1.05 bits per heavy atom. The van der Waals surface area contributed by atoms with Gasteiger partial charge in [-0.15, -0.1) is 0 Å². The van der Waals surface area contributed by atoms with Gasteiger partial charge in [-0.25, -0.2) is 0 Å². The molecule has 1 aromatic rings. The highest BCUT2D eigenvalue weighted by Gasteiger charge is 2.28. The van der Waals surface area contributed by atoms with Gasteiger partial charge in [-0.2, -0.15) is 0 Å². The van der Waals surface area contributed by atoms with Gasteiger partial charge in [0, 0.05) is 6.04 Å². The van der Waals surface area contributed by atoms with Crippen molar-refractivity contribution in [1.29, 1.82) is 0 Å². The van der Waals surface area contributed by atoms with Gasteiger partial charge in [0.25, 0.3) is 0 Å². The van der Waals surface area contributed by atoms with Crippen molar-refractivity contribution in [2.75, 3.05) is 6.54 Å². The second-order valence-corrected chi connectivity index (χ2v) is 7.70. The molecule has 21 heavy (non-hydrogen) atoms. The molecule has 0 heterocycles. The standard InChI is InChI=1S/C20H33N/c1-14(2)21-13-19-7-6-15(3)11-20(19)12-18-9-16(4)8-17(5)10-18/h8-10,14-15,19-21H,6-7,11-13H2,1-5H3. The Kier molecular flexibility index (Phi) is 5.87. The first-order valence-electron chi connectivity index (χ1n) is 8.74. The van der Waals surface area contributed by atoms with Crippen LogP contribution in [0.2, 0.25) is 0 Å². The highest BCUT2D eigenvalue weighted by atomic mass is 14.9. The number of benzene rings is 1. The molecular weight excluding hydrogens is 254 g/mol. The Hall–Kier alpha value is -0.820. The number of hydrogen-bond acceptors (Lipinski definition) is 1. The van der Waals surface area contributed by atoms with Crippen molar-refractivity contribution >= 4 is 0 Å². The van der Waals surface area contributed by atoms with Crippen LogP contribution in [0.25, 0.3) is 0 Å². The van der Waals surface area contributed by atoms with Crippen LogP contribution >= 0.6 is 0 Å². The minimum Gasteiger partial charge on any atom is -0.314 e. The summed E-state index contributed by atoms with van der Waals surface area (Å²) in [6.07, 6.45) is 5.47. The summed E-state index contributed by atoms with van der Waals surface area (Å²) in [5.74, 6) is 2.60. The van der Waals surface area contributed by atoms with E-state index in [9.17, 15) is 0 Å². The molecular formula is C20H33N. The molecule has 1 saturated carbocycles. The zero-order chi connectivity index (χ0) is 15.4. The summed E-state index contributed by atoms with van der Waals surface area (Å²) in [6, 6.07) is 7.66. The molecule has 1 aromatic carbocycles. The lowest BCUT2D eigenvalue weighted by molar-refractivity contribution is 0.181. The van der Waals surface area contributed by atoms with Crippen molar-refractivity contribution in [3.05, 3.63) is 34.9 Å². The highest BCUT2D eigenvalue weighted by Crippen LogP contribution is 2.35. The molecule has 1 N–H and O–H groups in total. The molecule has 1 heteroatoms. The smallest absolute Gasteiger partial charge is 0.00104 e. The fourth-order valence-corrected chi connectivity index (χ4v) is 3.96. The molecule has 1 aliphatic carbocycles. The Balaban J connectivity index is 2.05. The minimum absolute atomic E-state index is 0.603. The first-order chi connectivity index (χ1) is 9.94. The van der Waals surface area contributed by atoms with E-state index < -0.39 is 0 Å². The maximum absolute atomic E-state index is 3.67. The first kappa shape index (κ1) is 16.5. The lowest BCUT2D eigenvalue weighted by atomic mass is 9.72. The van der Waals surface area contributed by atoms with Crippen molar-refractivity contribution in [3.8, 4) is 0 Å². The molecule has 1 fully saturated rings. The quantitative estimate of drug-likeness (QED) is 0.812. The maximum atomic E-state index is 3.67. The fraction of sp³-hybridized carbons (Fsp3) is 0.700. The minimum atomic E-state index is 0.603. The molecule has 0 saturated heterocycles. The average molecular weight is 287 g/mol. The van der Waals surface area contributed by atoms with Crippen LogP contribution < -0.4 is 5.32 Å². The van der Waals surface area contributed by atoms with E-state index in [1.807, 2.05) is 0 Å². The predicted octanol–water partition coefficient (Wildman–Crippen LogP) is 4.90. The maximum Gasteiger partial charge on any atom is 0.00104 e. The van der Waals surface area contributed by atoms with E-state index >= 15 is 0 Å². The third-order valence-electron chi connectivity index (χ3n) is 4.97. The van der Waals surface area contributed by atoms with E-state index in [2.05, 4.69) is 58.1 Å². The fourth-order valence-electron chi connectivity index (χ4n) is 3.96. The Morgan fingerprint density at radius 3 is 2.33 bits per heavy atom. The summed E-state index contributed by atoms with van der Waals surface area (Å²) in [5, 5.41) is 3.67. The van der Waals surface area contributed by atoms with Gasteiger partial charge < -0.3 is 5.32 Å². The number of nitrogens with one attached hydrogen (secondary N) is 1. The van der Waals surface area contributed by atoms with Crippen LogP contribution in [0.5, 0.6) is 0 Å². The molecule has 0 spiro atoms. The van der Waals surface area contributed by atoms with Crippen molar-refractivity contribution in [3.63, 3.8) is 0 Å². The summed E-state index contributed by atoms with van der Waals surface area (Å²) in [7, 11) is 0. The van der Waals surface area contributed by atoms with Crippen molar-refractivity contribution < 1.29 is 0 Å². The molecule has 2 rings (SSSR count). The van der Waals surface area contributed by atoms with Gasteiger partial charge in [0.2, 0.25) is 0 Å². The molecule has 0 radical (unpaired) electrons. The molecule has 3 atom stereocenters. The lowest BCUT2D eigenvalue weighted by Gasteiger charge is -2.36. The van der Waals surface area contributed by atoms with E-state index in [-0.39, 0.29) is 0 Å². The summed E-state index contributed by atoms with van der Waals surface area (Å²) < 4.78 is 0. The Labute approximate surface area is 131 Å². The second-order valence-electron chi connectivity index (χ2n) is 7.70.